The van der Waals surface area contributed by atoms with Gasteiger partial charge in [0.25, 0.3) is 5.91 Å². The van der Waals surface area contributed by atoms with E-state index in [2.05, 4.69) is 20.6 Å². The van der Waals surface area contributed by atoms with Gasteiger partial charge in [-0.3, -0.25) is 14.6 Å². The van der Waals surface area contributed by atoms with Crippen molar-refractivity contribution in [1.82, 2.24) is 20.6 Å². The van der Waals surface area contributed by atoms with E-state index in [-0.39, 0.29) is 24.8 Å². The topological polar surface area (TPSA) is 97.1 Å². The minimum absolute atomic E-state index is 0.138. The Morgan fingerprint density at radius 3 is 2.52 bits per heavy atom. The Bertz CT molecular complexity index is 1140. The van der Waals surface area contributed by atoms with Crippen LogP contribution in [-0.4, -0.2) is 28.3 Å². The van der Waals surface area contributed by atoms with Crippen LogP contribution in [-0.2, 0) is 11.3 Å². The minimum atomic E-state index is -0.268. The lowest BCUT2D eigenvalue weighted by atomic mass is 10.1. The largest absolute Gasteiger partial charge is 0.462 e. The first-order valence-corrected chi connectivity index (χ1v) is 10.6. The van der Waals surface area contributed by atoms with Crippen LogP contribution in [0.25, 0.3) is 22.0 Å². The monoisotopic (exact) mass is 432 g/mol. The Hall–Kier alpha value is -3.78. The maximum absolute atomic E-state index is 12.9. The van der Waals surface area contributed by atoms with Crippen molar-refractivity contribution in [1.29, 1.82) is 0 Å². The lowest BCUT2D eigenvalue weighted by Crippen LogP contribution is -2.30. The number of rotatable bonds is 8. The number of carbonyl (C=O) groups excluding carboxylic acids is 2. The molecule has 2 N–H and O–H groups in total. The van der Waals surface area contributed by atoms with Crippen molar-refractivity contribution in [2.75, 3.05) is 6.54 Å². The van der Waals surface area contributed by atoms with Crippen molar-refractivity contribution >= 4 is 23.2 Å². The summed E-state index contributed by atoms with van der Waals surface area (Å²) in [5.74, 6) is 0.203. The van der Waals surface area contributed by atoms with E-state index in [4.69, 9.17) is 4.42 Å². The molecule has 7 nitrogen and oxygen atoms in total. The standard InChI is InChI=1S/C23H20N4O3S/c28-19(26-15-16-8-11-24-12-9-16)10-13-25-22(29)21-20(17-5-2-1-3-6-17)27-23(31-21)18-7-4-14-30-18/h1-9,11-12,14H,10,13,15H2,(H,25,29)(H,26,28). The van der Waals surface area contributed by atoms with Crippen LogP contribution in [0.3, 0.4) is 0 Å². The molecule has 2 amide bonds. The molecule has 0 aliphatic carbocycles. The molecule has 0 radical (unpaired) electrons. The number of hydrogen-bond donors (Lipinski definition) is 2. The van der Waals surface area contributed by atoms with Crippen molar-refractivity contribution in [3.8, 4) is 22.0 Å². The van der Waals surface area contributed by atoms with Crippen LogP contribution < -0.4 is 10.6 Å². The van der Waals surface area contributed by atoms with E-state index in [1.807, 2.05) is 48.5 Å². The molecule has 0 unspecified atom stereocenters. The molecule has 0 spiro atoms. The number of carbonyl (C=O) groups is 2. The number of nitrogens with zero attached hydrogens (tertiary/aromatic N) is 2. The third-order valence-electron chi connectivity index (χ3n) is 4.49. The van der Waals surface area contributed by atoms with Crippen LogP contribution in [0.5, 0.6) is 0 Å². The first-order chi connectivity index (χ1) is 15.2. The van der Waals surface area contributed by atoms with E-state index in [0.717, 1.165) is 11.1 Å². The Morgan fingerprint density at radius 1 is 0.968 bits per heavy atom. The van der Waals surface area contributed by atoms with Gasteiger partial charge in [-0.15, -0.1) is 11.3 Å². The zero-order valence-corrected chi connectivity index (χ0v) is 17.4. The van der Waals surface area contributed by atoms with Gasteiger partial charge in [0.05, 0.1) is 12.0 Å². The SMILES string of the molecule is O=C(CCNC(=O)c1sc(-c2ccco2)nc1-c1ccccc1)NCc1ccncc1. The smallest absolute Gasteiger partial charge is 0.263 e. The van der Waals surface area contributed by atoms with Gasteiger partial charge in [0.15, 0.2) is 10.8 Å². The molecule has 4 aromatic rings. The molecule has 8 heteroatoms. The molecule has 31 heavy (non-hydrogen) atoms. The lowest BCUT2D eigenvalue weighted by Gasteiger charge is -2.07. The average molecular weight is 433 g/mol. The van der Waals surface area contributed by atoms with Crippen LogP contribution in [0.2, 0.25) is 0 Å². The summed E-state index contributed by atoms with van der Waals surface area (Å²) in [4.78, 5) is 34.0. The van der Waals surface area contributed by atoms with Crippen molar-refractivity contribution < 1.29 is 14.0 Å². The van der Waals surface area contributed by atoms with Gasteiger partial charge in [0.1, 0.15) is 4.88 Å². The molecule has 0 fully saturated rings. The highest BCUT2D eigenvalue weighted by Crippen LogP contribution is 2.34. The van der Waals surface area contributed by atoms with Crippen LogP contribution in [0.15, 0.2) is 77.7 Å². The molecule has 0 aliphatic rings. The zero-order chi connectivity index (χ0) is 21.5. The van der Waals surface area contributed by atoms with Gasteiger partial charge in [-0.05, 0) is 29.8 Å². The summed E-state index contributed by atoms with van der Waals surface area (Å²) in [5, 5.41) is 6.29. The Kier molecular flexibility index (Phi) is 6.49. The number of pyridine rings is 1. The Labute approximate surface area is 183 Å². The number of nitrogens with one attached hydrogen (secondary N) is 2. The first-order valence-electron chi connectivity index (χ1n) is 9.74. The summed E-state index contributed by atoms with van der Waals surface area (Å²) in [6.45, 7) is 0.651. The second-order valence-corrected chi connectivity index (χ2v) is 7.68. The lowest BCUT2D eigenvalue weighted by molar-refractivity contribution is -0.121. The Balaban J connectivity index is 1.40. The fourth-order valence-corrected chi connectivity index (χ4v) is 3.90. The quantitative estimate of drug-likeness (QED) is 0.440. The van der Waals surface area contributed by atoms with Gasteiger partial charge in [-0.2, -0.15) is 0 Å². The fourth-order valence-electron chi connectivity index (χ4n) is 2.93. The third kappa shape index (κ3) is 5.23. The molecule has 0 saturated heterocycles. The summed E-state index contributed by atoms with van der Waals surface area (Å²) in [6.07, 6.45) is 5.11. The number of benzene rings is 1. The second-order valence-electron chi connectivity index (χ2n) is 6.68. The van der Waals surface area contributed by atoms with Crippen LogP contribution in [0.4, 0.5) is 0 Å². The molecule has 1 aromatic carbocycles. The number of thiazole rings is 1. The van der Waals surface area contributed by atoms with Gasteiger partial charge < -0.3 is 15.1 Å². The first kappa shape index (κ1) is 20.5. The van der Waals surface area contributed by atoms with Gasteiger partial charge in [0.2, 0.25) is 5.91 Å². The molecule has 3 heterocycles. The Morgan fingerprint density at radius 2 is 1.77 bits per heavy atom. The van der Waals surface area contributed by atoms with E-state index in [1.54, 1.807) is 24.7 Å². The summed E-state index contributed by atoms with van der Waals surface area (Å²) in [7, 11) is 0. The van der Waals surface area contributed by atoms with E-state index in [9.17, 15) is 9.59 Å². The molecular formula is C23H20N4O3S. The summed E-state index contributed by atoms with van der Waals surface area (Å²) in [6, 6.07) is 16.8. The highest BCUT2D eigenvalue weighted by atomic mass is 32.1. The van der Waals surface area contributed by atoms with E-state index >= 15 is 0 Å². The number of hydrogen-bond acceptors (Lipinski definition) is 6. The third-order valence-corrected chi connectivity index (χ3v) is 5.56. The number of amides is 2. The van der Waals surface area contributed by atoms with Crippen LogP contribution in [0, 0.1) is 0 Å². The molecular weight excluding hydrogens is 412 g/mol. The van der Waals surface area contributed by atoms with E-state index in [0.29, 0.717) is 27.9 Å². The maximum atomic E-state index is 12.9. The van der Waals surface area contributed by atoms with Crippen molar-refractivity contribution in [3.05, 3.63) is 83.7 Å². The molecule has 156 valence electrons. The average Bonchev–Trinajstić information content (AvgIpc) is 3.49. The van der Waals surface area contributed by atoms with E-state index in [1.165, 1.54) is 11.3 Å². The molecule has 0 aliphatic heterocycles. The van der Waals surface area contributed by atoms with Gasteiger partial charge in [0, 0.05) is 37.5 Å². The highest BCUT2D eigenvalue weighted by molar-refractivity contribution is 7.17. The molecule has 3 aromatic heterocycles. The van der Waals surface area contributed by atoms with Crippen molar-refractivity contribution in [3.63, 3.8) is 0 Å². The predicted molar refractivity (Wildman–Crippen MR) is 118 cm³/mol. The maximum Gasteiger partial charge on any atom is 0.263 e. The molecule has 0 saturated carbocycles. The normalized spacial score (nSPS) is 10.6. The summed E-state index contributed by atoms with van der Waals surface area (Å²) >= 11 is 1.26. The van der Waals surface area contributed by atoms with Crippen molar-refractivity contribution in [2.45, 2.75) is 13.0 Å². The predicted octanol–water partition coefficient (Wildman–Crippen LogP) is 3.90. The van der Waals surface area contributed by atoms with Gasteiger partial charge in [-0.25, -0.2) is 4.98 Å². The molecule has 0 bridgehead atoms. The van der Waals surface area contributed by atoms with Crippen LogP contribution >= 0.6 is 11.3 Å². The molecule has 4 rings (SSSR count). The van der Waals surface area contributed by atoms with E-state index < -0.39 is 0 Å². The fraction of sp³-hybridized carbons (Fsp3) is 0.130. The second kappa shape index (κ2) is 9.82. The van der Waals surface area contributed by atoms with Gasteiger partial charge >= 0.3 is 0 Å². The number of aromatic nitrogens is 2. The van der Waals surface area contributed by atoms with Gasteiger partial charge in [-0.1, -0.05) is 30.3 Å². The van der Waals surface area contributed by atoms with Crippen molar-refractivity contribution in [2.24, 2.45) is 0 Å². The summed E-state index contributed by atoms with van der Waals surface area (Å²) in [5.41, 5.74) is 2.41. The summed E-state index contributed by atoms with van der Waals surface area (Å²) < 4.78 is 5.44. The zero-order valence-electron chi connectivity index (χ0n) is 16.6. The minimum Gasteiger partial charge on any atom is -0.462 e. The van der Waals surface area contributed by atoms with Crippen LogP contribution in [0.1, 0.15) is 21.7 Å². The number of furan rings is 1. The highest BCUT2D eigenvalue weighted by Gasteiger charge is 2.21. The molecule has 0 atom stereocenters.